The lowest BCUT2D eigenvalue weighted by molar-refractivity contribution is 0.0501. The van der Waals surface area contributed by atoms with Crippen LogP contribution in [0, 0.1) is 0 Å². The van der Waals surface area contributed by atoms with Crippen LogP contribution in [0.4, 0.5) is 0 Å². The second-order valence-electron chi connectivity index (χ2n) is 2.12. The van der Waals surface area contributed by atoms with E-state index < -0.39 is 19.2 Å². The fourth-order valence-electron chi connectivity index (χ4n) is 0.822. The van der Waals surface area contributed by atoms with Crippen LogP contribution in [-0.4, -0.2) is 12.8 Å². The minimum Gasteiger partial charge on any atom is -0.469 e. The van der Waals surface area contributed by atoms with E-state index in [-0.39, 0.29) is 5.76 Å². The highest BCUT2D eigenvalue weighted by Gasteiger charge is 2.24. The molecule has 2 aliphatic rings. The normalized spacial score (nSPS) is 55.1. The first kappa shape index (κ1) is 2.70. The van der Waals surface area contributed by atoms with Crippen molar-refractivity contribution in [1.82, 2.24) is 0 Å². The molecule has 0 aromatic heterocycles. The third-order valence-corrected chi connectivity index (χ3v) is 1.31. The molecule has 0 bridgehead atoms. The highest BCUT2D eigenvalue weighted by Crippen LogP contribution is 2.26. The summed E-state index contributed by atoms with van der Waals surface area (Å²) in [7, 11) is 0. The molecule has 0 spiro atoms. The molecule has 1 aliphatic heterocycles. The van der Waals surface area contributed by atoms with Gasteiger partial charge in [0.1, 0.15) is 14.6 Å². The topological polar surface area (TPSA) is 18.5 Å². The molecule has 1 atom stereocenters. The summed E-state index contributed by atoms with van der Waals surface area (Å²) < 4.78 is 47.2. The van der Waals surface area contributed by atoms with Gasteiger partial charge in [-0.15, -0.1) is 0 Å². The van der Waals surface area contributed by atoms with Crippen LogP contribution in [-0.2, 0) is 9.47 Å². The Morgan fingerprint density at radius 3 is 3.60 bits per heavy atom. The van der Waals surface area contributed by atoms with Crippen LogP contribution in [0.15, 0.2) is 23.5 Å². The Hall–Kier alpha value is -0.760. The number of hydrogen-bond acceptors (Lipinski definition) is 2. The molecule has 0 aromatic carbocycles. The van der Waals surface area contributed by atoms with Gasteiger partial charge in [-0.25, -0.2) is 0 Å². The predicted octanol–water partition coefficient (Wildman–Crippen LogP) is 1.59. The third kappa shape index (κ3) is 0.847. The lowest BCUT2D eigenvalue weighted by atomic mass is 10.0. The predicted molar refractivity (Wildman–Crippen MR) is 37.3 cm³/mol. The maximum absolute atomic E-state index is 7.86. The van der Waals surface area contributed by atoms with Gasteiger partial charge in [0.15, 0.2) is 6.75 Å². The zero-order chi connectivity index (χ0) is 11.5. The molecule has 1 aliphatic carbocycles. The average molecular weight is 143 g/mol. The summed E-state index contributed by atoms with van der Waals surface area (Å²) in [6, 6.07) is 0. The molecule has 1 saturated heterocycles. The Balaban J connectivity index is 2.51. The summed E-state index contributed by atoms with van der Waals surface area (Å²) in [6.07, 6.45) is -1.39. The van der Waals surface area contributed by atoms with Crippen LogP contribution < -0.4 is 0 Å². The van der Waals surface area contributed by atoms with Crippen molar-refractivity contribution < 1.29 is 16.3 Å². The Bertz CT molecular complexity index is 373. The molecule has 1 fully saturated rings. The van der Waals surface area contributed by atoms with Gasteiger partial charge >= 0.3 is 0 Å². The van der Waals surface area contributed by atoms with E-state index in [0.717, 1.165) is 0 Å². The summed E-state index contributed by atoms with van der Waals surface area (Å²) in [6.45, 7) is -0.916. The quantitative estimate of drug-likeness (QED) is 0.512. The smallest absolute Gasteiger partial charge is 0.189 e. The summed E-state index contributed by atoms with van der Waals surface area (Å²) in [5.41, 5.74) is 0.308. The van der Waals surface area contributed by atoms with E-state index in [1.54, 1.807) is 0 Å². The van der Waals surface area contributed by atoms with Crippen molar-refractivity contribution in [3.63, 3.8) is 0 Å². The van der Waals surface area contributed by atoms with Crippen molar-refractivity contribution in [3.05, 3.63) is 23.5 Å². The molecule has 1 unspecified atom stereocenters. The maximum atomic E-state index is 7.86. The van der Waals surface area contributed by atoms with Gasteiger partial charge < -0.3 is 9.47 Å². The van der Waals surface area contributed by atoms with Crippen molar-refractivity contribution in [3.8, 4) is 0 Å². The molecule has 0 N–H and O–H groups in total. The zero-order valence-corrected chi connectivity index (χ0v) is 5.47. The minimum absolute atomic E-state index is 0.136. The molecule has 0 amide bonds. The number of rotatable bonds is 0. The molecular weight excluding hydrogens is 128 g/mol. The Morgan fingerprint density at radius 2 is 2.70 bits per heavy atom. The monoisotopic (exact) mass is 143 g/mol. The molecule has 0 radical (unpaired) electrons. The summed E-state index contributed by atoms with van der Waals surface area (Å²) in [4.78, 5) is 0. The molecule has 1 heterocycles. The van der Waals surface area contributed by atoms with Crippen LogP contribution in [0.3, 0.4) is 0 Å². The first-order chi connectivity index (χ1) is 6.69. The standard InChI is InChI=1S/C8H10O2/c1-6-2-3-7-8(4-6)10-5-9-7/h2-3,8H,4-5H2,1H3/i4D2,5D2,8D. The van der Waals surface area contributed by atoms with Crippen molar-refractivity contribution in [2.24, 2.45) is 0 Å². The largest absolute Gasteiger partial charge is 0.469 e. The van der Waals surface area contributed by atoms with E-state index in [1.807, 2.05) is 0 Å². The molecule has 2 nitrogen and oxygen atoms in total. The molecule has 0 saturated carbocycles. The van der Waals surface area contributed by atoms with Gasteiger partial charge in [-0.3, -0.25) is 0 Å². The Kier molecular flexibility index (Phi) is 0.575. The van der Waals surface area contributed by atoms with Crippen LogP contribution in [0.2, 0.25) is 0 Å². The first-order valence-electron chi connectivity index (χ1n) is 5.48. The zero-order valence-electron chi connectivity index (χ0n) is 10.5. The van der Waals surface area contributed by atoms with Crippen molar-refractivity contribution in [2.75, 3.05) is 6.75 Å². The highest BCUT2D eigenvalue weighted by atomic mass is 16.7. The molecule has 2 heteroatoms. The van der Waals surface area contributed by atoms with E-state index >= 15 is 0 Å². The fraction of sp³-hybridized carbons (Fsp3) is 0.500. The Morgan fingerprint density at radius 1 is 1.80 bits per heavy atom. The number of fused-ring (bicyclic) bond motifs is 1. The molecule has 54 valence electrons. The summed E-state index contributed by atoms with van der Waals surface area (Å²) in [5, 5.41) is 0. The maximum Gasteiger partial charge on any atom is 0.189 e. The van der Waals surface area contributed by atoms with Gasteiger partial charge in [-0.1, -0.05) is 11.6 Å². The molecule has 10 heavy (non-hydrogen) atoms. The average Bonchev–Trinajstić information content (AvgIpc) is 2.31. The van der Waals surface area contributed by atoms with E-state index in [2.05, 4.69) is 0 Å². The lowest BCUT2D eigenvalue weighted by Gasteiger charge is -2.12. The van der Waals surface area contributed by atoms with Crippen LogP contribution in [0.5, 0.6) is 0 Å². The summed E-state index contributed by atoms with van der Waals surface area (Å²) in [5.74, 6) is -0.136. The second-order valence-corrected chi connectivity index (χ2v) is 2.12. The SMILES string of the molecule is [2H]C1([2H])OC2=CC=C(C)C([2H])([2H])C2([2H])O1. The van der Waals surface area contributed by atoms with Crippen LogP contribution in [0.25, 0.3) is 0 Å². The summed E-state index contributed by atoms with van der Waals surface area (Å²) >= 11 is 0. The van der Waals surface area contributed by atoms with Gasteiger partial charge in [0, 0.05) is 9.11 Å². The van der Waals surface area contributed by atoms with E-state index in [0.29, 0.717) is 5.57 Å². The van der Waals surface area contributed by atoms with E-state index in [1.165, 1.54) is 19.1 Å². The van der Waals surface area contributed by atoms with Crippen molar-refractivity contribution >= 4 is 0 Å². The van der Waals surface area contributed by atoms with Gasteiger partial charge in [0.05, 0.1) is 1.37 Å². The van der Waals surface area contributed by atoms with Crippen LogP contribution >= 0.6 is 0 Å². The van der Waals surface area contributed by atoms with Crippen LogP contribution in [0.1, 0.15) is 20.2 Å². The minimum atomic E-state index is -2.45. The Labute approximate surface area is 67.2 Å². The number of ether oxygens (including phenoxy) is 2. The lowest BCUT2D eigenvalue weighted by Crippen LogP contribution is -2.10. The van der Waals surface area contributed by atoms with E-state index in [9.17, 15) is 0 Å². The van der Waals surface area contributed by atoms with Gasteiger partial charge in [-0.05, 0) is 13.0 Å². The number of allylic oxidation sites excluding steroid dienone is 2. The molecular formula is C8H10O2. The number of hydrogen-bond donors (Lipinski definition) is 0. The van der Waals surface area contributed by atoms with Gasteiger partial charge in [0.2, 0.25) is 0 Å². The highest BCUT2D eigenvalue weighted by molar-refractivity contribution is 5.24. The first-order valence-corrected chi connectivity index (χ1v) is 2.98. The third-order valence-electron chi connectivity index (χ3n) is 1.31. The molecule has 0 aromatic rings. The van der Waals surface area contributed by atoms with Crippen molar-refractivity contribution in [1.29, 1.82) is 0 Å². The van der Waals surface area contributed by atoms with Gasteiger partial charge in [-0.2, -0.15) is 0 Å². The van der Waals surface area contributed by atoms with E-state index in [4.69, 9.17) is 16.3 Å². The van der Waals surface area contributed by atoms with Gasteiger partial charge in [0.25, 0.3) is 0 Å². The van der Waals surface area contributed by atoms with Crippen molar-refractivity contribution in [2.45, 2.75) is 19.4 Å². The molecule has 2 rings (SSSR count). The second kappa shape index (κ2) is 2.13. The fourth-order valence-corrected chi connectivity index (χ4v) is 0.822.